The van der Waals surface area contributed by atoms with Gasteiger partial charge in [0.25, 0.3) is 0 Å². The molecular weight excluding hydrogens is 663 g/mol. The zero-order valence-corrected chi connectivity index (χ0v) is 29.5. The molecule has 0 unspecified atom stereocenters. The van der Waals surface area contributed by atoms with E-state index in [1.807, 2.05) is 17.4 Å². The molecule has 0 radical (unpaired) electrons. The van der Waals surface area contributed by atoms with Crippen molar-refractivity contribution in [2.45, 2.75) is 0 Å². The molecule has 0 N–H and O–H groups in total. The molecule has 2 aromatic heterocycles. The van der Waals surface area contributed by atoms with Gasteiger partial charge in [0.05, 0.1) is 10.4 Å². The van der Waals surface area contributed by atoms with Crippen molar-refractivity contribution in [2.75, 3.05) is 4.90 Å². The second-order valence-corrected chi connectivity index (χ2v) is 14.7. The fourth-order valence-electron chi connectivity index (χ4n) is 8.15. The fourth-order valence-corrected chi connectivity index (χ4v) is 9.36. The molecule has 11 aromatic rings. The normalized spacial score (nSPS) is 11.8. The van der Waals surface area contributed by atoms with Crippen LogP contribution in [0, 0.1) is 0 Å². The van der Waals surface area contributed by atoms with E-state index < -0.39 is 0 Å². The number of thiophene rings is 1. The van der Waals surface area contributed by atoms with Crippen LogP contribution in [0.5, 0.6) is 0 Å². The van der Waals surface area contributed by atoms with Crippen LogP contribution in [0.2, 0.25) is 0 Å². The van der Waals surface area contributed by atoms with Gasteiger partial charge in [-0.1, -0.05) is 133 Å². The number of anilines is 3. The maximum absolute atomic E-state index is 6.29. The number of hydrogen-bond donors (Lipinski definition) is 0. The Kier molecular flexibility index (Phi) is 6.76. The molecular formula is C50H31NOS. The lowest BCUT2D eigenvalue weighted by molar-refractivity contribution is 0.669. The third-order valence-corrected chi connectivity index (χ3v) is 11.8. The summed E-state index contributed by atoms with van der Waals surface area (Å²) in [4.78, 5) is 2.45. The molecule has 53 heavy (non-hydrogen) atoms. The van der Waals surface area contributed by atoms with E-state index in [0.29, 0.717) is 0 Å². The Labute approximate surface area is 310 Å². The van der Waals surface area contributed by atoms with Crippen molar-refractivity contribution in [1.29, 1.82) is 0 Å². The first-order valence-electron chi connectivity index (χ1n) is 18.0. The average Bonchev–Trinajstić information content (AvgIpc) is 3.79. The number of para-hydroxylation sites is 1. The Bertz CT molecular complexity index is 3190. The molecule has 0 saturated carbocycles. The molecule has 3 heteroatoms. The van der Waals surface area contributed by atoms with Crippen molar-refractivity contribution in [1.82, 2.24) is 0 Å². The average molecular weight is 694 g/mol. The van der Waals surface area contributed by atoms with E-state index in [9.17, 15) is 0 Å². The predicted octanol–water partition coefficient (Wildman–Crippen LogP) is 15.1. The first kappa shape index (κ1) is 30.0. The number of fused-ring (bicyclic) bond motifs is 9. The molecule has 248 valence electrons. The summed E-state index contributed by atoms with van der Waals surface area (Å²) in [6.07, 6.45) is 0. The molecule has 0 fully saturated rings. The zero-order valence-electron chi connectivity index (χ0n) is 28.7. The number of rotatable bonds is 5. The standard InChI is InChI=1S/C50H31NOS/c1-2-12-32(13-3-1)38-16-4-5-17-39(38)34-14-10-15-36(28-34)51(46-21-11-20-42-41-19-7-9-23-49(41)53-50(42)46)37-27-26-33-24-25-35-29-48-45(31-44(35)43(33)30-37)40-18-6-8-22-47(40)52-48/h1-31H. The molecule has 0 aliphatic carbocycles. The summed E-state index contributed by atoms with van der Waals surface area (Å²) in [7, 11) is 0. The molecule has 0 spiro atoms. The van der Waals surface area contributed by atoms with Crippen molar-refractivity contribution in [3.63, 3.8) is 0 Å². The summed E-state index contributed by atoms with van der Waals surface area (Å²) in [6.45, 7) is 0. The maximum atomic E-state index is 6.29. The van der Waals surface area contributed by atoms with Gasteiger partial charge in [-0.3, -0.25) is 0 Å². The van der Waals surface area contributed by atoms with E-state index in [2.05, 4.69) is 187 Å². The van der Waals surface area contributed by atoms with Crippen molar-refractivity contribution >= 4 is 92.1 Å². The lowest BCUT2D eigenvalue weighted by atomic mass is 9.94. The number of hydrogen-bond acceptors (Lipinski definition) is 3. The third-order valence-electron chi connectivity index (χ3n) is 10.6. The van der Waals surface area contributed by atoms with Crippen LogP contribution in [0.3, 0.4) is 0 Å². The van der Waals surface area contributed by atoms with Crippen LogP contribution in [-0.4, -0.2) is 0 Å². The van der Waals surface area contributed by atoms with Gasteiger partial charge in [-0.25, -0.2) is 0 Å². The van der Waals surface area contributed by atoms with Gasteiger partial charge in [-0.05, 0) is 98.4 Å². The number of benzene rings is 9. The summed E-state index contributed by atoms with van der Waals surface area (Å²) in [5, 5.41) is 9.66. The van der Waals surface area contributed by atoms with E-state index >= 15 is 0 Å². The van der Waals surface area contributed by atoms with Gasteiger partial charge in [0, 0.05) is 37.6 Å². The van der Waals surface area contributed by atoms with E-state index in [1.165, 1.54) is 69.7 Å². The van der Waals surface area contributed by atoms with E-state index in [1.54, 1.807) is 0 Å². The van der Waals surface area contributed by atoms with Crippen molar-refractivity contribution in [2.24, 2.45) is 0 Å². The molecule has 2 heterocycles. The highest BCUT2D eigenvalue weighted by Gasteiger charge is 2.20. The Morgan fingerprint density at radius 3 is 1.94 bits per heavy atom. The smallest absolute Gasteiger partial charge is 0.136 e. The second kappa shape index (κ2) is 11.9. The fraction of sp³-hybridized carbons (Fsp3) is 0. The van der Waals surface area contributed by atoms with Gasteiger partial charge >= 0.3 is 0 Å². The molecule has 0 bridgehead atoms. The van der Waals surface area contributed by atoms with Gasteiger partial charge in [-0.15, -0.1) is 11.3 Å². The molecule has 0 atom stereocenters. The highest BCUT2D eigenvalue weighted by molar-refractivity contribution is 7.26. The monoisotopic (exact) mass is 693 g/mol. The quantitative estimate of drug-likeness (QED) is 0.167. The minimum atomic E-state index is 0.916. The summed E-state index contributed by atoms with van der Waals surface area (Å²) < 4.78 is 8.86. The summed E-state index contributed by atoms with van der Waals surface area (Å²) >= 11 is 1.86. The second-order valence-electron chi connectivity index (χ2n) is 13.7. The SMILES string of the molecule is c1ccc(-c2ccccc2-c2cccc(N(c3ccc4ccc5cc6oc7ccccc7c6cc5c4c3)c3cccc4c3sc3ccccc34)c2)cc1. The lowest BCUT2D eigenvalue weighted by Gasteiger charge is -2.27. The van der Waals surface area contributed by atoms with Gasteiger partial charge < -0.3 is 9.32 Å². The Balaban J connectivity index is 1.16. The van der Waals surface area contributed by atoms with Gasteiger partial charge in [0.2, 0.25) is 0 Å². The van der Waals surface area contributed by atoms with Crippen LogP contribution in [0.15, 0.2) is 192 Å². The first-order valence-corrected chi connectivity index (χ1v) is 18.8. The van der Waals surface area contributed by atoms with Crippen LogP contribution in [0.4, 0.5) is 17.1 Å². The van der Waals surface area contributed by atoms with Crippen LogP contribution in [0.1, 0.15) is 0 Å². The largest absolute Gasteiger partial charge is 0.456 e. The molecule has 2 nitrogen and oxygen atoms in total. The Hall–Kier alpha value is -6.68. The highest BCUT2D eigenvalue weighted by Crippen LogP contribution is 2.47. The Morgan fingerprint density at radius 2 is 1.04 bits per heavy atom. The molecule has 9 aromatic carbocycles. The van der Waals surface area contributed by atoms with Crippen molar-refractivity contribution in [3.05, 3.63) is 188 Å². The van der Waals surface area contributed by atoms with Gasteiger partial charge in [0.1, 0.15) is 11.2 Å². The van der Waals surface area contributed by atoms with E-state index in [-0.39, 0.29) is 0 Å². The maximum Gasteiger partial charge on any atom is 0.136 e. The molecule has 0 amide bonds. The summed E-state index contributed by atoms with van der Waals surface area (Å²) in [5.41, 5.74) is 10.0. The third kappa shape index (κ3) is 4.86. The number of furan rings is 1. The topological polar surface area (TPSA) is 16.4 Å². The zero-order chi connectivity index (χ0) is 34.9. The molecule has 11 rings (SSSR count). The molecule has 0 aliphatic heterocycles. The van der Waals surface area contributed by atoms with Crippen LogP contribution >= 0.6 is 11.3 Å². The van der Waals surface area contributed by atoms with Crippen LogP contribution < -0.4 is 4.90 Å². The van der Waals surface area contributed by atoms with Crippen LogP contribution in [0.25, 0.3) is 85.9 Å². The lowest BCUT2D eigenvalue weighted by Crippen LogP contribution is -2.10. The molecule has 0 aliphatic rings. The van der Waals surface area contributed by atoms with Crippen molar-refractivity contribution in [3.8, 4) is 22.3 Å². The minimum absolute atomic E-state index is 0.916. The minimum Gasteiger partial charge on any atom is -0.456 e. The predicted molar refractivity (Wildman–Crippen MR) is 227 cm³/mol. The van der Waals surface area contributed by atoms with Gasteiger partial charge in [-0.2, -0.15) is 0 Å². The van der Waals surface area contributed by atoms with E-state index in [4.69, 9.17) is 4.42 Å². The summed E-state index contributed by atoms with van der Waals surface area (Å²) in [5.74, 6) is 0. The first-order chi connectivity index (χ1) is 26.3. The number of nitrogens with zero attached hydrogens (tertiary/aromatic N) is 1. The van der Waals surface area contributed by atoms with Crippen molar-refractivity contribution < 1.29 is 4.42 Å². The Morgan fingerprint density at radius 1 is 0.377 bits per heavy atom. The highest BCUT2D eigenvalue weighted by atomic mass is 32.1. The van der Waals surface area contributed by atoms with Crippen LogP contribution in [-0.2, 0) is 0 Å². The van der Waals surface area contributed by atoms with E-state index in [0.717, 1.165) is 33.3 Å². The molecule has 0 saturated heterocycles. The summed E-state index contributed by atoms with van der Waals surface area (Å²) in [6, 6.07) is 68.1. The van der Waals surface area contributed by atoms with Gasteiger partial charge in [0.15, 0.2) is 0 Å².